The molecule has 1 aromatic rings. The van der Waals surface area contributed by atoms with Crippen LogP contribution in [0.1, 0.15) is 19.3 Å². The molecule has 1 unspecified atom stereocenters. The molecule has 0 radical (unpaired) electrons. The van der Waals surface area contributed by atoms with Crippen molar-refractivity contribution in [3.05, 3.63) is 30.1 Å². The third kappa shape index (κ3) is 7.26. The summed E-state index contributed by atoms with van der Waals surface area (Å²) in [6.45, 7) is 4.83. The quantitative estimate of drug-likeness (QED) is 0.357. The summed E-state index contributed by atoms with van der Waals surface area (Å²) in [6, 6.07) is 6.61. The first kappa shape index (κ1) is 24.6. The molecule has 1 aromatic carbocycles. The number of amides is 1. The van der Waals surface area contributed by atoms with Gasteiger partial charge in [0.15, 0.2) is 5.96 Å². The van der Waals surface area contributed by atoms with Gasteiger partial charge in [-0.15, -0.1) is 24.0 Å². The van der Waals surface area contributed by atoms with Crippen LogP contribution in [0.5, 0.6) is 0 Å². The van der Waals surface area contributed by atoms with Crippen LogP contribution >= 0.6 is 24.0 Å². The van der Waals surface area contributed by atoms with Gasteiger partial charge in [0.2, 0.25) is 5.91 Å². The maximum absolute atomic E-state index is 13.2. The lowest BCUT2D eigenvalue weighted by molar-refractivity contribution is -0.127. The molecular formula is C21H33FIN5O2. The first-order valence-electron chi connectivity index (χ1n) is 10.4. The van der Waals surface area contributed by atoms with Crippen molar-refractivity contribution in [1.82, 2.24) is 15.1 Å². The van der Waals surface area contributed by atoms with Gasteiger partial charge in [-0.05, 0) is 43.5 Å². The van der Waals surface area contributed by atoms with E-state index in [0.29, 0.717) is 6.54 Å². The average molecular weight is 533 g/mol. The number of carbonyl (C=O) groups excluding carboxylic acids is 1. The molecule has 2 aliphatic heterocycles. The summed E-state index contributed by atoms with van der Waals surface area (Å²) in [5.41, 5.74) is 1.02. The molecule has 2 saturated heterocycles. The van der Waals surface area contributed by atoms with Crippen molar-refractivity contribution in [3.8, 4) is 0 Å². The number of anilines is 1. The Kier molecular flexibility index (Phi) is 10.1. The van der Waals surface area contributed by atoms with Crippen LogP contribution in [0.3, 0.4) is 0 Å². The minimum atomic E-state index is -0.221. The Morgan fingerprint density at radius 2 is 1.90 bits per heavy atom. The number of ether oxygens (including phenoxy) is 1. The zero-order chi connectivity index (χ0) is 20.6. The number of guanidine groups is 1. The highest BCUT2D eigenvalue weighted by molar-refractivity contribution is 14.0. The number of benzene rings is 1. The molecule has 30 heavy (non-hydrogen) atoms. The lowest BCUT2D eigenvalue weighted by atomic mass is 10.1. The lowest BCUT2D eigenvalue weighted by Crippen LogP contribution is -2.54. The predicted molar refractivity (Wildman–Crippen MR) is 128 cm³/mol. The van der Waals surface area contributed by atoms with Gasteiger partial charge in [-0.1, -0.05) is 0 Å². The van der Waals surface area contributed by atoms with Crippen LogP contribution in [0.25, 0.3) is 0 Å². The fraction of sp³-hybridized carbons (Fsp3) is 0.619. The molecule has 1 N–H and O–H groups in total. The number of aliphatic imine (C=N–C) groups is 1. The van der Waals surface area contributed by atoms with Crippen LogP contribution in [0, 0.1) is 5.82 Å². The second-order valence-corrected chi connectivity index (χ2v) is 7.75. The summed E-state index contributed by atoms with van der Waals surface area (Å²) >= 11 is 0. The number of hydrogen-bond donors (Lipinski definition) is 1. The number of hydrogen-bond acceptors (Lipinski definition) is 4. The van der Waals surface area contributed by atoms with E-state index in [1.807, 2.05) is 12.1 Å². The molecule has 3 rings (SSSR count). The normalized spacial score (nSPS) is 19.8. The Morgan fingerprint density at radius 3 is 2.50 bits per heavy atom. The Morgan fingerprint density at radius 1 is 1.20 bits per heavy atom. The summed E-state index contributed by atoms with van der Waals surface area (Å²) in [6.07, 6.45) is 3.56. The van der Waals surface area contributed by atoms with Crippen molar-refractivity contribution >= 4 is 41.5 Å². The monoisotopic (exact) mass is 533 g/mol. The number of carbonyl (C=O) groups is 1. The van der Waals surface area contributed by atoms with Gasteiger partial charge in [0.25, 0.3) is 0 Å². The summed E-state index contributed by atoms with van der Waals surface area (Å²) in [5.74, 6) is 0.512. The molecule has 0 bridgehead atoms. The van der Waals surface area contributed by atoms with Crippen LogP contribution < -0.4 is 10.2 Å². The fourth-order valence-corrected chi connectivity index (χ4v) is 3.55. The van der Waals surface area contributed by atoms with E-state index in [0.717, 1.165) is 57.3 Å². The van der Waals surface area contributed by atoms with E-state index in [1.54, 1.807) is 19.0 Å². The first-order chi connectivity index (χ1) is 14.0. The molecule has 0 aliphatic carbocycles. The van der Waals surface area contributed by atoms with Crippen molar-refractivity contribution in [2.45, 2.75) is 25.4 Å². The highest BCUT2D eigenvalue weighted by atomic mass is 127. The first-order valence-corrected chi connectivity index (χ1v) is 10.4. The van der Waals surface area contributed by atoms with E-state index in [1.165, 1.54) is 18.6 Å². The Balaban J connectivity index is 0.00000320. The van der Waals surface area contributed by atoms with Gasteiger partial charge in [-0.3, -0.25) is 4.79 Å². The molecule has 1 amide bonds. The highest BCUT2D eigenvalue weighted by Gasteiger charge is 2.22. The topological polar surface area (TPSA) is 60.4 Å². The molecule has 9 heteroatoms. The number of nitrogens with one attached hydrogen (secondary N) is 1. The average Bonchev–Trinajstić information content (AvgIpc) is 2.75. The maximum atomic E-state index is 13.2. The molecule has 2 heterocycles. The molecule has 7 nitrogen and oxygen atoms in total. The highest BCUT2D eigenvalue weighted by Crippen LogP contribution is 2.17. The second kappa shape index (κ2) is 12.3. The summed E-state index contributed by atoms with van der Waals surface area (Å²) < 4.78 is 19.0. The largest absolute Gasteiger partial charge is 0.376 e. The zero-order valence-electron chi connectivity index (χ0n) is 17.8. The van der Waals surface area contributed by atoms with Gasteiger partial charge in [0.05, 0.1) is 6.10 Å². The minimum Gasteiger partial charge on any atom is -0.376 e. The van der Waals surface area contributed by atoms with Gasteiger partial charge in [-0.2, -0.15) is 0 Å². The Hall–Kier alpha value is -1.62. The van der Waals surface area contributed by atoms with Crippen LogP contribution in [0.15, 0.2) is 29.3 Å². The van der Waals surface area contributed by atoms with E-state index in [4.69, 9.17) is 4.74 Å². The number of rotatable bonds is 5. The zero-order valence-corrected chi connectivity index (χ0v) is 20.2. The van der Waals surface area contributed by atoms with Crippen molar-refractivity contribution in [1.29, 1.82) is 0 Å². The maximum Gasteiger partial charge on any atom is 0.243 e. The van der Waals surface area contributed by atoms with E-state index in [9.17, 15) is 9.18 Å². The van der Waals surface area contributed by atoms with Crippen molar-refractivity contribution in [2.75, 3.05) is 64.9 Å². The number of piperazine rings is 1. The van der Waals surface area contributed by atoms with Crippen LogP contribution in [0.4, 0.5) is 10.1 Å². The lowest BCUT2D eigenvalue weighted by Gasteiger charge is -2.38. The van der Waals surface area contributed by atoms with Crippen LogP contribution in [0.2, 0.25) is 0 Å². The molecule has 2 aliphatic rings. The van der Waals surface area contributed by atoms with Crippen LogP contribution in [-0.4, -0.2) is 87.7 Å². The third-order valence-electron chi connectivity index (χ3n) is 5.40. The van der Waals surface area contributed by atoms with Crippen LogP contribution in [-0.2, 0) is 9.53 Å². The molecule has 168 valence electrons. The fourth-order valence-electron chi connectivity index (χ4n) is 3.55. The standard InChI is InChI=1S/C21H32FN5O2.HI/c1-25(2)20(28)16-24-21(23-15-19-5-3-4-14-29-19)27-12-10-26(11-13-27)18-8-6-17(22)7-9-18;/h6-9,19H,3-5,10-16H2,1-2H3,(H,23,24);1H. The molecule has 0 spiro atoms. The Bertz CT molecular complexity index is 687. The second-order valence-electron chi connectivity index (χ2n) is 7.75. The van der Waals surface area contributed by atoms with E-state index in [2.05, 4.69) is 20.1 Å². The number of nitrogens with zero attached hydrogens (tertiary/aromatic N) is 4. The van der Waals surface area contributed by atoms with Gasteiger partial charge in [0.1, 0.15) is 12.4 Å². The van der Waals surface area contributed by atoms with Crippen molar-refractivity contribution in [3.63, 3.8) is 0 Å². The van der Waals surface area contributed by atoms with Gasteiger partial charge in [-0.25, -0.2) is 9.38 Å². The Labute approximate surface area is 195 Å². The van der Waals surface area contributed by atoms with E-state index in [-0.39, 0.29) is 48.3 Å². The third-order valence-corrected chi connectivity index (χ3v) is 5.40. The minimum absolute atomic E-state index is 0. The SMILES string of the molecule is CN(C)C(=O)CN=C(NCC1CCCCO1)N1CCN(c2ccc(F)cc2)CC1.I. The van der Waals surface area contributed by atoms with Crippen molar-refractivity contribution in [2.24, 2.45) is 4.99 Å². The molecule has 1 atom stereocenters. The predicted octanol–water partition coefficient (Wildman–Crippen LogP) is 2.17. The summed E-state index contributed by atoms with van der Waals surface area (Å²) in [7, 11) is 3.48. The van der Waals surface area contributed by atoms with Crippen molar-refractivity contribution < 1.29 is 13.9 Å². The molecule has 0 saturated carbocycles. The van der Waals surface area contributed by atoms with E-state index >= 15 is 0 Å². The smallest absolute Gasteiger partial charge is 0.243 e. The van der Waals surface area contributed by atoms with Gasteiger partial charge >= 0.3 is 0 Å². The number of halogens is 2. The molecule has 0 aromatic heterocycles. The van der Waals surface area contributed by atoms with Gasteiger partial charge < -0.3 is 24.8 Å². The summed E-state index contributed by atoms with van der Waals surface area (Å²) in [4.78, 5) is 22.6. The molecular weight excluding hydrogens is 500 g/mol. The van der Waals surface area contributed by atoms with Gasteiger partial charge in [0, 0.05) is 59.1 Å². The number of likely N-dealkylation sites (N-methyl/N-ethyl adjacent to an activating group) is 1. The van der Waals surface area contributed by atoms with E-state index < -0.39 is 0 Å². The summed E-state index contributed by atoms with van der Waals surface area (Å²) in [5, 5.41) is 3.43. The molecule has 2 fully saturated rings.